The van der Waals surface area contributed by atoms with Gasteiger partial charge in [0.1, 0.15) is 22.9 Å². The van der Waals surface area contributed by atoms with Gasteiger partial charge in [0, 0.05) is 26.8 Å². The molecule has 5 heteroatoms. The molecule has 1 aromatic heterocycles. The van der Waals surface area contributed by atoms with E-state index >= 15 is 0 Å². The van der Waals surface area contributed by atoms with E-state index in [0.717, 1.165) is 62.8 Å². The zero-order chi connectivity index (χ0) is 23.1. The Morgan fingerprint density at radius 3 is 2.15 bits per heavy atom. The average molecular weight is 456 g/mol. The van der Waals surface area contributed by atoms with Crippen LogP contribution in [0.5, 0.6) is 5.75 Å². The number of rotatable bonds is 14. The van der Waals surface area contributed by atoms with Gasteiger partial charge in [0.05, 0.1) is 13.7 Å². The third-order valence-corrected chi connectivity index (χ3v) is 7.59. The van der Waals surface area contributed by atoms with Gasteiger partial charge in [0.25, 0.3) is 0 Å². The molecule has 0 saturated heterocycles. The molecule has 1 N–H and O–H groups in total. The molecule has 1 heterocycles. The molecular formula is C28H41NO4. The molecular weight excluding hydrogens is 414 g/mol. The first-order valence-electron chi connectivity index (χ1n) is 12.7. The van der Waals surface area contributed by atoms with E-state index in [0.29, 0.717) is 11.8 Å². The van der Waals surface area contributed by atoms with Gasteiger partial charge in [-0.1, -0.05) is 50.7 Å². The largest absolute Gasteiger partial charge is 0.497 e. The van der Waals surface area contributed by atoms with Gasteiger partial charge in [0.15, 0.2) is 0 Å². The standard InChI is InChI=1S/C28H41NO4/c1-31-17-5-16-29(20-24-10-12-25(32-2)13-11-24)21-26-14-15-27(33-26)28(30,18-22-6-3-7-22)19-23-8-4-9-23/h10-15,22-23,30H,3-9,16-21H2,1-2H3. The van der Waals surface area contributed by atoms with E-state index in [1.165, 1.54) is 44.1 Å². The summed E-state index contributed by atoms with van der Waals surface area (Å²) in [5.74, 6) is 3.86. The smallest absolute Gasteiger partial charge is 0.135 e. The predicted molar refractivity (Wildman–Crippen MR) is 130 cm³/mol. The average Bonchev–Trinajstić information content (AvgIpc) is 3.24. The highest BCUT2D eigenvalue weighted by Gasteiger charge is 2.40. The van der Waals surface area contributed by atoms with Crippen LogP contribution in [0, 0.1) is 11.8 Å². The molecule has 1 aromatic carbocycles. The number of benzene rings is 1. The zero-order valence-corrected chi connectivity index (χ0v) is 20.4. The molecule has 2 aromatic rings. The van der Waals surface area contributed by atoms with Crippen molar-refractivity contribution in [2.75, 3.05) is 27.4 Å². The molecule has 0 atom stereocenters. The van der Waals surface area contributed by atoms with E-state index in [1.807, 2.05) is 18.2 Å². The maximum atomic E-state index is 11.7. The first-order valence-corrected chi connectivity index (χ1v) is 12.7. The Kier molecular flexibility index (Phi) is 8.50. The minimum Gasteiger partial charge on any atom is -0.497 e. The molecule has 0 radical (unpaired) electrons. The van der Waals surface area contributed by atoms with Crippen molar-refractivity contribution in [3.8, 4) is 5.75 Å². The number of ether oxygens (including phenoxy) is 2. The summed E-state index contributed by atoms with van der Waals surface area (Å²) in [6, 6.07) is 12.4. The van der Waals surface area contributed by atoms with Crippen LogP contribution in [0.2, 0.25) is 0 Å². The van der Waals surface area contributed by atoms with Gasteiger partial charge >= 0.3 is 0 Å². The first-order chi connectivity index (χ1) is 16.1. The molecule has 2 aliphatic carbocycles. The number of hydrogen-bond donors (Lipinski definition) is 1. The normalized spacial score (nSPS) is 17.2. The maximum Gasteiger partial charge on any atom is 0.135 e. The van der Waals surface area contributed by atoms with Crippen LogP contribution in [0.25, 0.3) is 0 Å². The molecule has 0 amide bonds. The molecule has 0 unspecified atom stereocenters. The van der Waals surface area contributed by atoms with Gasteiger partial charge in [-0.2, -0.15) is 0 Å². The van der Waals surface area contributed by atoms with Gasteiger partial charge in [-0.15, -0.1) is 0 Å². The van der Waals surface area contributed by atoms with Crippen LogP contribution >= 0.6 is 0 Å². The monoisotopic (exact) mass is 455 g/mol. The Hall–Kier alpha value is -1.82. The van der Waals surface area contributed by atoms with Crippen molar-refractivity contribution in [3.63, 3.8) is 0 Å². The van der Waals surface area contributed by atoms with Gasteiger partial charge < -0.3 is 19.0 Å². The van der Waals surface area contributed by atoms with Gasteiger partial charge in [-0.3, -0.25) is 4.90 Å². The first kappa shape index (κ1) is 24.3. The lowest BCUT2D eigenvalue weighted by Gasteiger charge is -2.39. The molecule has 0 spiro atoms. The van der Waals surface area contributed by atoms with Crippen molar-refractivity contribution in [1.82, 2.24) is 4.90 Å². The fourth-order valence-corrected chi connectivity index (χ4v) is 5.20. The van der Waals surface area contributed by atoms with E-state index in [2.05, 4.69) is 23.1 Å². The zero-order valence-electron chi connectivity index (χ0n) is 20.4. The third-order valence-electron chi connectivity index (χ3n) is 7.59. The van der Waals surface area contributed by atoms with Gasteiger partial charge in [-0.25, -0.2) is 0 Å². The maximum absolute atomic E-state index is 11.7. The second-order valence-electron chi connectivity index (χ2n) is 10.2. The quantitative estimate of drug-likeness (QED) is 0.360. The number of methoxy groups -OCH3 is 2. The van der Waals surface area contributed by atoms with Crippen molar-refractivity contribution in [1.29, 1.82) is 0 Å². The van der Waals surface area contributed by atoms with Crippen LogP contribution in [0.15, 0.2) is 40.8 Å². The van der Waals surface area contributed by atoms with E-state index in [4.69, 9.17) is 13.9 Å². The Morgan fingerprint density at radius 1 is 0.939 bits per heavy atom. The van der Waals surface area contributed by atoms with Crippen LogP contribution in [0.4, 0.5) is 0 Å². The van der Waals surface area contributed by atoms with E-state index < -0.39 is 5.60 Å². The predicted octanol–water partition coefficient (Wildman–Crippen LogP) is 5.89. The molecule has 5 nitrogen and oxygen atoms in total. The molecule has 0 bridgehead atoms. The van der Waals surface area contributed by atoms with Gasteiger partial charge in [0.2, 0.25) is 0 Å². The molecule has 2 saturated carbocycles. The summed E-state index contributed by atoms with van der Waals surface area (Å²) in [6.45, 7) is 3.21. The fraction of sp³-hybridized carbons (Fsp3) is 0.643. The van der Waals surface area contributed by atoms with Crippen molar-refractivity contribution in [2.24, 2.45) is 11.8 Å². The second-order valence-corrected chi connectivity index (χ2v) is 10.2. The SMILES string of the molecule is COCCCN(Cc1ccc(OC)cc1)Cc1ccc(C(O)(CC2CCC2)CC2CCC2)o1. The Balaban J connectivity index is 1.44. The van der Waals surface area contributed by atoms with E-state index in [1.54, 1.807) is 14.2 Å². The Morgan fingerprint density at radius 2 is 1.61 bits per heavy atom. The van der Waals surface area contributed by atoms with Crippen LogP contribution < -0.4 is 4.74 Å². The summed E-state index contributed by atoms with van der Waals surface area (Å²) in [5.41, 5.74) is 0.428. The summed E-state index contributed by atoms with van der Waals surface area (Å²) in [4.78, 5) is 2.39. The highest BCUT2D eigenvalue weighted by Crippen LogP contribution is 2.45. The second kappa shape index (κ2) is 11.5. The summed E-state index contributed by atoms with van der Waals surface area (Å²) >= 11 is 0. The lowest BCUT2D eigenvalue weighted by molar-refractivity contribution is -0.0494. The minimum atomic E-state index is -0.814. The van der Waals surface area contributed by atoms with Crippen LogP contribution in [0.1, 0.15) is 74.9 Å². The molecule has 182 valence electrons. The van der Waals surface area contributed by atoms with Crippen molar-refractivity contribution >= 4 is 0 Å². The number of hydrogen-bond acceptors (Lipinski definition) is 5. The summed E-state index contributed by atoms with van der Waals surface area (Å²) in [5, 5.41) is 11.7. The van der Waals surface area contributed by atoms with Gasteiger partial charge in [-0.05, 0) is 60.9 Å². The summed E-state index contributed by atoms with van der Waals surface area (Å²) in [7, 11) is 3.44. The number of aliphatic hydroxyl groups is 1. The van der Waals surface area contributed by atoms with Crippen molar-refractivity contribution in [2.45, 2.75) is 76.5 Å². The summed E-state index contributed by atoms with van der Waals surface area (Å²) < 4.78 is 16.9. The van der Waals surface area contributed by atoms with Crippen LogP contribution in [-0.4, -0.2) is 37.4 Å². The number of furan rings is 1. The lowest BCUT2D eigenvalue weighted by atomic mass is 9.70. The third kappa shape index (κ3) is 6.62. The molecule has 33 heavy (non-hydrogen) atoms. The van der Waals surface area contributed by atoms with E-state index in [-0.39, 0.29) is 0 Å². The van der Waals surface area contributed by atoms with Crippen LogP contribution in [-0.2, 0) is 23.4 Å². The van der Waals surface area contributed by atoms with E-state index in [9.17, 15) is 5.11 Å². The minimum absolute atomic E-state index is 0.643. The molecule has 4 rings (SSSR count). The Labute approximate surface area is 199 Å². The summed E-state index contributed by atoms with van der Waals surface area (Å²) in [6.07, 6.45) is 10.2. The molecule has 2 fully saturated rings. The molecule has 2 aliphatic rings. The highest BCUT2D eigenvalue weighted by molar-refractivity contribution is 5.27. The molecule has 0 aliphatic heterocycles. The fourth-order valence-electron chi connectivity index (χ4n) is 5.20. The highest BCUT2D eigenvalue weighted by atomic mass is 16.5. The Bertz CT molecular complexity index is 822. The van der Waals surface area contributed by atoms with Crippen molar-refractivity contribution in [3.05, 3.63) is 53.5 Å². The number of nitrogens with zero attached hydrogens (tertiary/aromatic N) is 1. The lowest BCUT2D eigenvalue weighted by Crippen LogP contribution is -2.34. The topological polar surface area (TPSA) is 55.1 Å². The van der Waals surface area contributed by atoms with Crippen molar-refractivity contribution < 1.29 is 19.0 Å². The van der Waals surface area contributed by atoms with Crippen LogP contribution in [0.3, 0.4) is 0 Å².